The van der Waals surface area contributed by atoms with Gasteiger partial charge in [-0.15, -0.1) is 18.0 Å². The average molecular weight is 238 g/mol. The number of terminal acetylenes is 1. The number of ketones is 1. The summed E-state index contributed by atoms with van der Waals surface area (Å²) in [6.45, 7) is 7.73. The molecule has 0 saturated heterocycles. The second kappa shape index (κ2) is 4.35. The summed E-state index contributed by atoms with van der Waals surface area (Å²) in [5.41, 5.74) is 2.09. The Labute approximate surface area is 102 Å². The highest BCUT2D eigenvalue weighted by Gasteiger charge is 2.24. The molecule has 16 heavy (non-hydrogen) atoms. The molecular formula is C13H16ClNO. The van der Waals surface area contributed by atoms with Crippen molar-refractivity contribution in [3.8, 4) is 12.3 Å². The van der Waals surface area contributed by atoms with Crippen LogP contribution in [0, 0.1) is 26.2 Å². The van der Waals surface area contributed by atoms with Gasteiger partial charge in [-0.2, -0.15) is 0 Å². The summed E-state index contributed by atoms with van der Waals surface area (Å²) in [5, 5.41) is 0. The van der Waals surface area contributed by atoms with E-state index in [1.807, 2.05) is 38.3 Å². The minimum Gasteiger partial charge on any atom is -0.332 e. The van der Waals surface area contributed by atoms with Gasteiger partial charge in [-0.05, 0) is 33.8 Å². The smallest absolute Gasteiger partial charge is 0.179 e. The fourth-order valence-corrected chi connectivity index (χ4v) is 2.19. The Bertz CT molecular complexity index is 463. The minimum atomic E-state index is -0.432. The predicted octanol–water partition coefficient (Wildman–Crippen LogP) is 2.89. The Balaban J connectivity index is 3.40. The van der Waals surface area contributed by atoms with Crippen molar-refractivity contribution in [1.82, 2.24) is 4.57 Å². The van der Waals surface area contributed by atoms with Crippen LogP contribution in [0.4, 0.5) is 0 Å². The predicted molar refractivity (Wildman–Crippen MR) is 67.1 cm³/mol. The van der Waals surface area contributed by atoms with Gasteiger partial charge < -0.3 is 4.57 Å². The van der Waals surface area contributed by atoms with E-state index >= 15 is 0 Å². The highest BCUT2D eigenvalue weighted by atomic mass is 35.5. The van der Waals surface area contributed by atoms with Gasteiger partial charge in [0.15, 0.2) is 5.78 Å². The van der Waals surface area contributed by atoms with Crippen molar-refractivity contribution in [3.05, 3.63) is 23.0 Å². The van der Waals surface area contributed by atoms with Crippen LogP contribution < -0.4 is 0 Å². The first-order valence-corrected chi connectivity index (χ1v) is 5.65. The van der Waals surface area contributed by atoms with E-state index < -0.39 is 5.54 Å². The van der Waals surface area contributed by atoms with Crippen LogP contribution in [0.25, 0.3) is 0 Å². The maximum Gasteiger partial charge on any atom is 0.179 e. The molecule has 0 amide bonds. The maximum atomic E-state index is 11.6. The quantitative estimate of drug-likeness (QED) is 0.450. The van der Waals surface area contributed by atoms with Gasteiger partial charge in [0.1, 0.15) is 0 Å². The Morgan fingerprint density at radius 2 is 2.12 bits per heavy atom. The Kier molecular flexibility index (Phi) is 3.50. The Morgan fingerprint density at radius 3 is 2.56 bits per heavy atom. The molecule has 1 heterocycles. The molecule has 0 radical (unpaired) electrons. The molecule has 0 aliphatic carbocycles. The van der Waals surface area contributed by atoms with Gasteiger partial charge in [-0.1, -0.05) is 5.92 Å². The highest BCUT2D eigenvalue weighted by Crippen LogP contribution is 2.24. The summed E-state index contributed by atoms with van der Waals surface area (Å²) in [7, 11) is 0. The van der Waals surface area contributed by atoms with Gasteiger partial charge >= 0.3 is 0 Å². The number of rotatable bonds is 3. The molecule has 0 aliphatic rings. The fraction of sp³-hybridized carbons (Fsp3) is 0.462. The minimum absolute atomic E-state index is 0.000769. The third-order valence-electron chi connectivity index (χ3n) is 2.77. The maximum absolute atomic E-state index is 11.6. The SMILES string of the molecule is C#CC(C)(C)n1c(C)cc(C(=O)CCl)c1C. The first kappa shape index (κ1) is 12.9. The van der Waals surface area contributed by atoms with Crippen LogP contribution in [-0.2, 0) is 5.54 Å². The molecule has 3 heteroatoms. The summed E-state index contributed by atoms with van der Waals surface area (Å²) in [5.74, 6) is 2.67. The molecular weight excluding hydrogens is 222 g/mol. The number of aryl methyl sites for hydroxylation is 1. The Hall–Kier alpha value is -1.20. The lowest BCUT2D eigenvalue weighted by Crippen LogP contribution is -2.26. The zero-order valence-corrected chi connectivity index (χ0v) is 10.9. The molecule has 0 bridgehead atoms. The highest BCUT2D eigenvalue weighted by molar-refractivity contribution is 6.30. The summed E-state index contributed by atoms with van der Waals surface area (Å²) in [6, 6.07) is 1.85. The molecule has 1 aromatic heterocycles. The Morgan fingerprint density at radius 1 is 1.56 bits per heavy atom. The van der Waals surface area contributed by atoms with E-state index in [1.54, 1.807) is 0 Å². The lowest BCUT2D eigenvalue weighted by atomic mass is 10.1. The van der Waals surface area contributed by atoms with Crippen LogP contribution in [0.2, 0.25) is 0 Å². The molecule has 0 fully saturated rings. The molecule has 2 nitrogen and oxygen atoms in total. The van der Waals surface area contributed by atoms with Crippen LogP contribution >= 0.6 is 11.6 Å². The molecule has 86 valence electrons. The number of alkyl halides is 1. The van der Waals surface area contributed by atoms with Crippen molar-refractivity contribution in [2.75, 3.05) is 5.88 Å². The van der Waals surface area contributed by atoms with Crippen molar-refractivity contribution in [2.45, 2.75) is 33.2 Å². The van der Waals surface area contributed by atoms with E-state index in [9.17, 15) is 4.79 Å². The van der Waals surface area contributed by atoms with E-state index in [1.165, 1.54) is 0 Å². The van der Waals surface area contributed by atoms with Crippen LogP contribution in [0.15, 0.2) is 6.07 Å². The van der Waals surface area contributed by atoms with Crippen molar-refractivity contribution in [1.29, 1.82) is 0 Å². The van der Waals surface area contributed by atoms with E-state index in [0.717, 1.165) is 11.4 Å². The van der Waals surface area contributed by atoms with Crippen molar-refractivity contribution in [3.63, 3.8) is 0 Å². The summed E-state index contributed by atoms with van der Waals surface area (Å²) < 4.78 is 1.99. The molecule has 0 aromatic carbocycles. The molecule has 1 rings (SSSR count). The average Bonchev–Trinajstić information content (AvgIpc) is 2.53. The summed E-state index contributed by atoms with van der Waals surface area (Å²) in [4.78, 5) is 11.6. The lowest BCUT2D eigenvalue weighted by molar-refractivity contribution is 0.102. The number of hydrogen-bond acceptors (Lipinski definition) is 1. The van der Waals surface area contributed by atoms with Crippen LogP contribution in [0.5, 0.6) is 0 Å². The second-order valence-electron chi connectivity index (χ2n) is 4.38. The summed E-state index contributed by atoms with van der Waals surface area (Å²) >= 11 is 5.57. The molecule has 0 saturated carbocycles. The number of carbonyl (C=O) groups excluding carboxylic acids is 1. The normalized spacial score (nSPS) is 11.2. The van der Waals surface area contributed by atoms with Crippen LogP contribution in [0.3, 0.4) is 0 Å². The second-order valence-corrected chi connectivity index (χ2v) is 4.65. The third kappa shape index (κ3) is 2.01. The van der Waals surface area contributed by atoms with E-state index in [-0.39, 0.29) is 11.7 Å². The molecule has 0 atom stereocenters. The van der Waals surface area contributed by atoms with Gasteiger partial charge in [0, 0.05) is 17.0 Å². The van der Waals surface area contributed by atoms with Crippen LogP contribution in [0.1, 0.15) is 35.6 Å². The lowest BCUT2D eigenvalue weighted by Gasteiger charge is -2.24. The molecule has 0 aliphatic heterocycles. The van der Waals surface area contributed by atoms with Crippen LogP contribution in [-0.4, -0.2) is 16.2 Å². The molecule has 1 aromatic rings. The number of aromatic nitrogens is 1. The zero-order valence-electron chi connectivity index (χ0n) is 10.1. The van der Waals surface area contributed by atoms with Crippen molar-refractivity contribution in [2.24, 2.45) is 0 Å². The molecule has 0 N–H and O–H groups in total. The third-order valence-corrected chi connectivity index (χ3v) is 3.01. The largest absolute Gasteiger partial charge is 0.332 e. The number of Topliss-reactive ketones (excluding diaryl/α,β-unsaturated/α-hetero) is 1. The van der Waals surface area contributed by atoms with Gasteiger partial charge in [-0.3, -0.25) is 4.79 Å². The topological polar surface area (TPSA) is 22.0 Å². The number of halogens is 1. The number of hydrogen-bond donors (Lipinski definition) is 0. The van der Waals surface area contributed by atoms with Gasteiger partial charge in [0.2, 0.25) is 0 Å². The van der Waals surface area contributed by atoms with Crippen molar-refractivity contribution >= 4 is 17.4 Å². The summed E-state index contributed by atoms with van der Waals surface area (Å²) in [6.07, 6.45) is 5.51. The molecule has 0 unspecified atom stereocenters. The molecule has 0 spiro atoms. The van der Waals surface area contributed by atoms with E-state index in [4.69, 9.17) is 18.0 Å². The van der Waals surface area contributed by atoms with Gasteiger partial charge in [0.25, 0.3) is 0 Å². The monoisotopic (exact) mass is 237 g/mol. The number of carbonyl (C=O) groups is 1. The van der Waals surface area contributed by atoms with Gasteiger partial charge in [-0.25, -0.2) is 0 Å². The van der Waals surface area contributed by atoms with E-state index in [2.05, 4.69) is 5.92 Å². The first-order chi connectivity index (χ1) is 7.35. The zero-order chi connectivity index (χ0) is 12.5. The van der Waals surface area contributed by atoms with E-state index in [0.29, 0.717) is 5.56 Å². The van der Waals surface area contributed by atoms with Gasteiger partial charge in [0.05, 0.1) is 11.4 Å². The standard InChI is InChI=1S/C13H16ClNO/c1-6-13(4,5)15-9(2)7-11(10(15)3)12(16)8-14/h1,7H,8H2,2-5H3. The fourth-order valence-electron chi connectivity index (χ4n) is 2.04. The number of nitrogens with zero attached hydrogens (tertiary/aromatic N) is 1. The first-order valence-electron chi connectivity index (χ1n) is 5.11. The van der Waals surface area contributed by atoms with Crippen molar-refractivity contribution < 1.29 is 4.79 Å².